The zero-order chi connectivity index (χ0) is 23.0. The number of hydrazine groups is 1. The molecule has 1 unspecified atom stereocenters. The van der Waals surface area contributed by atoms with Gasteiger partial charge in [-0.3, -0.25) is 9.80 Å². The van der Waals surface area contributed by atoms with Gasteiger partial charge in [0.15, 0.2) is 0 Å². The van der Waals surface area contributed by atoms with Gasteiger partial charge in [0.2, 0.25) is 5.91 Å². The van der Waals surface area contributed by atoms with E-state index < -0.39 is 5.66 Å². The quantitative estimate of drug-likeness (QED) is 0.436. The first-order valence-corrected chi connectivity index (χ1v) is 11.3. The fourth-order valence-corrected chi connectivity index (χ4v) is 3.86. The predicted molar refractivity (Wildman–Crippen MR) is 133 cm³/mol. The Morgan fingerprint density at radius 1 is 1.22 bits per heavy atom. The maximum atomic E-state index is 13.0. The maximum Gasteiger partial charge on any atom is 0.240 e. The highest BCUT2D eigenvalue weighted by molar-refractivity contribution is 5.86. The van der Waals surface area contributed by atoms with E-state index in [1.54, 1.807) is 13.2 Å². The Kier molecular flexibility index (Phi) is 8.09. The van der Waals surface area contributed by atoms with E-state index in [-0.39, 0.29) is 11.9 Å². The molecule has 3 rings (SSSR count). The van der Waals surface area contributed by atoms with Crippen LogP contribution < -0.4 is 26.4 Å². The summed E-state index contributed by atoms with van der Waals surface area (Å²) >= 11 is 0. The number of rotatable bonds is 11. The lowest BCUT2D eigenvalue weighted by atomic mass is 10.0. The highest BCUT2D eigenvalue weighted by atomic mass is 16.2. The second-order valence-corrected chi connectivity index (χ2v) is 8.26. The number of anilines is 1. The molecule has 0 saturated heterocycles. The molecule has 2 atom stereocenters. The van der Waals surface area contributed by atoms with E-state index in [2.05, 4.69) is 82.4 Å². The van der Waals surface area contributed by atoms with Crippen molar-refractivity contribution in [3.63, 3.8) is 0 Å². The van der Waals surface area contributed by atoms with Crippen LogP contribution in [0.1, 0.15) is 37.8 Å². The molecule has 0 aromatic heterocycles. The second-order valence-electron chi connectivity index (χ2n) is 8.26. The summed E-state index contributed by atoms with van der Waals surface area (Å²) in [5.41, 5.74) is 7.22. The summed E-state index contributed by atoms with van der Waals surface area (Å²) in [6, 6.07) is 18.4. The van der Waals surface area contributed by atoms with Gasteiger partial charge in [-0.05, 0) is 68.4 Å². The van der Waals surface area contributed by atoms with Crippen molar-refractivity contribution in [3.8, 4) is 0 Å². The van der Waals surface area contributed by atoms with E-state index in [1.807, 2.05) is 25.1 Å². The number of amides is 1. The van der Waals surface area contributed by atoms with Crippen LogP contribution in [0, 0.1) is 0 Å². The Labute approximate surface area is 191 Å². The molecule has 0 bridgehead atoms. The van der Waals surface area contributed by atoms with Crippen LogP contribution in [0.3, 0.4) is 0 Å². The van der Waals surface area contributed by atoms with Crippen LogP contribution in [-0.2, 0) is 11.2 Å². The van der Waals surface area contributed by atoms with Crippen molar-refractivity contribution in [1.29, 1.82) is 0 Å². The van der Waals surface area contributed by atoms with E-state index in [0.717, 1.165) is 23.4 Å². The monoisotopic (exact) mass is 433 g/mol. The molecular weight excluding hydrogens is 398 g/mol. The molecule has 0 spiro atoms. The molecule has 6 nitrogen and oxygen atoms in total. The minimum Gasteiger partial charge on any atom is -0.389 e. The number of unbranched alkanes of at least 4 members (excludes halogenated alkanes) is 1. The van der Waals surface area contributed by atoms with Crippen LogP contribution in [0.2, 0.25) is 0 Å². The van der Waals surface area contributed by atoms with E-state index in [4.69, 9.17) is 0 Å². The minimum atomic E-state index is -0.745. The van der Waals surface area contributed by atoms with E-state index >= 15 is 0 Å². The number of benzene rings is 2. The van der Waals surface area contributed by atoms with Crippen molar-refractivity contribution in [1.82, 2.24) is 21.4 Å². The Morgan fingerprint density at radius 3 is 2.69 bits per heavy atom. The lowest BCUT2D eigenvalue weighted by Gasteiger charge is -2.31. The first-order valence-electron chi connectivity index (χ1n) is 11.3. The third-order valence-electron chi connectivity index (χ3n) is 5.58. The molecule has 0 saturated carbocycles. The standard InChI is InChI=1S/C26H35N5O/c1-5-7-12-20-13-11-14-21(17-20)24-18-26(3,29-25(32)23(27-4)19-28-6-2)30-31(24)22-15-9-8-10-16-22/h6,8-11,13-18,23,27-28,30H,2,5,7,12,19H2,1,3-4H3,(H,29,32)/t23-,26?/m1/s1. The highest BCUT2D eigenvalue weighted by Crippen LogP contribution is 2.32. The lowest BCUT2D eigenvalue weighted by molar-refractivity contribution is -0.124. The van der Waals surface area contributed by atoms with Gasteiger partial charge >= 0.3 is 0 Å². The van der Waals surface area contributed by atoms with Crippen LogP contribution in [-0.4, -0.2) is 31.2 Å². The van der Waals surface area contributed by atoms with Crippen LogP contribution in [0.15, 0.2) is 73.5 Å². The van der Waals surface area contributed by atoms with Crippen molar-refractivity contribution in [2.75, 3.05) is 18.6 Å². The minimum absolute atomic E-state index is 0.0981. The molecule has 2 aromatic rings. The van der Waals surface area contributed by atoms with Crippen molar-refractivity contribution >= 4 is 17.3 Å². The first kappa shape index (κ1) is 23.6. The average molecular weight is 434 g/mol. The molecule has 1 aliphatic rings. The lowest BCUT2D eigenvalue weighted by Crippen LogP contribution is -2.61. The summed E-state index contributed by atoms with van der Waals surface area (Å²) in [6.45, 7) is 8.30. The number of hydrogen-bond acceptors (Lipinski definition) is 5. The van der Waals surface area contributed by atoms with Gasteiger partial charge in [0.1, 0.15) is 11.7 Å². The SMILES string of the molecule is C=CNC[C@@H](NC)C(=O)NC1(C)C=C(c2cccc(CCCC)c2)N(c2ccccc2)N1. The number of nitrogens with one attached hydrogen (secondary N) is 4. The fourth-order valence-electron chi connectivity index (χ4n) is 3.86. The molecule has 170 valence electrons. The maximum absolute atomic E-state index is 13.0. The van der Waals surface area contributed by atoms with Gasteiger partial charge in [-0.15, -0.1) is 0 Å². The third kappa shape index (κ3) is 5.78. The van der Waals surface area contributed by atoms with Gasteiger partial charge in [0, 0.05) is 6.54 Å². The van der Waals surface area contributed by atoms with Gasteiger partial charge in [-0.1, -0.05) is 56.3 Å². The van der Waals surface area contributed by atoms with Crippen molar-refractivity contribution in [2.45, 2.75) is 44.8 Å². The van der Waals surface area contributed by atoms with Gasteiger partial charge < -0.3 is 16.0 Å². The molecule has 6 heteroatoms. The molecule has 4 N–H and O–H groups in total. The molecule has 32 heavy (non-hydrogen) atoms. The molecule has 0 fully saturated rings. The van der Waals surface area contributed by atoms with Crippen LogP contribution in [0.4, 0.5) is 5.69 Å². The Morgan fingerprint density at radius 2 is 2.00 bits per heavy atom. The number of hydrogen-bond donors (Lipinski definition) is 4. The Balaban J connectivity index is 1.91. The number of para-hydroxylation sites is 1. The number of aryl methyl sites for hydroxylation is 1. The van der Waals surface area contributed by atoms with Gasteiger partial charge in [0.25, 0.3) is 0 Å². The molecular formula is C26H35N5O. The molecule has 0 radical (unpaired) electrons. The Hall–Kier alpha value is -3.09. The van der Waals surface area contributed by atoms with Crippen molar-refractivity contribution in [2.24, 2.45) is 0 Å². The molecule has 1 heterocycles. The summed E-state index contributed by atoms with van der Waals surface area (Å²) in [5, 5.41) is 11.3. The molecule has 1 amide bonds. The third-order valence-corrected chi connectivity index (χ3v) is 5.58. The van der Waals surface area contributed by atoms with E-state index in [1.165, 1.54) is 18.4 Å². The smallest absolute Gasteiger partial charge is 0.240 e. The predicted octanol–water partition coefficient (Wildman–Crippen LogP) is 3.55. The second kappa shape index (κ2) is 11.0. The summed E-state index contributed by atoms with van der Waals surface area (Å²) < 4.78 is 0. The average Bonchev–Trinajstić information content (AvgIpc) is 3.16. The Bertz CT molecular complexity index is 942. The molecule has 0 aliphatic carbocycles. The summed E-state index contributed by atoms with van der Waals surface area (Å²) in [4.78, 5) is 13.0. The number of carbonyl (C=O) groups is 1. The summed E-state index contributed by atoms with van der Waals surface area (Å²) in [6.07, 6.45) is 7.08. The van der Waals surface area contributed by atoms with Crippen LogP contribution >= 0.6 is 0 Å². The van der Waals surface area contributed by atoms with Gasteiger partial charge in [-0.25, -0.2) is 5.43 Å². The van der Waals surface area contributed by atoms with Gasteiger partial charge in [-0.2, -0.15) is 0 Å². The zero-order valence-corrected chi connectivity index (χ0v) is 19.3. The van der Waals surface area contributed by atoms with E-state index in [9.17, 15) is 4.79 Å². The van der Waals surface area contributed by atoms with E-state index in [0.29, 0.717) is 6.54 Å². The summed E-state index contributed by atoms with van der Waals surface area (Å²) in [7, 11) is 1.78. The summed E-state index contributed by atoms with van der Waals surface area (Å²) in [5.74, 6) is -0.0981. The zero-order valence-electron chi connectivity index (χ0n) is 19.3. The van der Waals surface area contributed by atoms with Gasteiger partial charge in [0.05, 0.1) is 11.4 Å². The topological polar surface area (TPSA) is 68.4 Å². The van der Waals surface area contributed by atoms with Crippen molar-refractivity contribution < 1.29 is 4.79 Å². The normalized spacial score (nSPS) is 18.7. The fraction of sp³-hybridized carbons (Fsp3) is 0.346. The molecule has 1 aliphatic heterocycles. The number of nitrogens with zero attached hydrogens (tertiary/aromatic N) is 1. The van der Waals surface area contributed by atoms with Crippen molar-refractivity contribution in [3.05, 3.63) is 84.6 Å². The van der Waals surface area contributed by atoms with Crippen LogP contribution in [0.5, 0.6) is 0 Å². The first-order chi connectivity index (χ1) is 15.5. The highest BCUT2D eigenvalue weighted by Gasteiger charge is 2.36. The number of likely N-dealkylation sites (N-methyl/N-ethyl adjacent to an activating group) is 1. The number of carbonyl (C=O) groups excluding carboxylic acids is 1. The largest absolute Gasteiger partial charge is 0.389 e. The molecule has 2 aromatic carbocycles. The van der Waals surface area contributed by atoms with Crippen LogP contribution in [0.25, 0.3) is 5.70 Å².